The van der Waals surface area contributed by atoms with E-state index in [2.05, 4.69) is 42.5 Å². The molecule has 15 nitrogen and oxygen atoms in total. The van der Waals surface area contributed by atoms with Gasteiger partial charge in [0.2, 0.25) is 17.8 Å². The van der Waals surface area contributed by atoms with Gasteiger partial charge in [0.15, 0.2) is 0 Å². The van der Waals surface area contributed by atoms with Crippen molar-refractivity contribution in [2.75, 3.05) is 62.3 Å². The van der Waals surface area contributed by atoms with E-state index in [1.54, 1.807) is 4.68 Å². The number of carbonyl (C=O) groups is 2. The van der Waals surface area contributed by atoms with Gasteiger partial charge in [0, 0.05) is 72.9 Å². The molecule has 6 heterocycles. The van der Waals surface area contributed by atoms with Gasteiger partial charge in [0.25, 0.3) is 0 Å². The first-order valence-corrected chi connectivity index (χ1v) is 19.9. The molecular weight excluding hydrogens is 685 g/mol. The third-order valence-electron chi connectivity index (χ3n) is 10.4. The molecule has 0 bridgehead atoms. The molecule has 0 aliphatic carbocycles. The summed E-state index contributed by atoms with van der Waals surface area (Å²) in [6, 6.07) is 4.81. The molecule has 3 aromatic rings. The van der Waals surface area contributed by atoms with E-state index in [-0.39, 0.29) is 31.9 Å². The Kier molecular flexibility index (Phi) is 12.6. The number of hydrogen-bond acceptors (Lipinski definition) is 13. The van der Waals surface area contributed by atoms with Crippen molar-refractivity contribution >= 4 is 46.2 Å². The lowest BCUT2D eigenvalue weighted by Gasteiger charge is -2.26. The predicted molar refractivity (Wildman–Crippen MR) is 199 cm³/mol. The highest BCUT2D eigenvalue weighted by Gasteiger charge is 2.42. The van der Waals surface area contributed by atoms with E-state index in [0.717, 1.165) is 111 Å². The minimum atomic E-state index is -0.0276. The number of hydrogen-bond donors (Lipinski definition) is 4. The molecule has 16 heteroatoms. The number of amides is 2. The number of aromatic nitrogens is 5. The van der Waals surface area contributed by atoms with Gasteiger partial charge in [-0.1, -0.05) is 11.6 Å². The molecule has 4 aliphatic heterocycles. The summed E-state index contributed by atoms with van der Waals surface area (Å²) < 4.78 is 18.9. The van der Waals surface area contributed by atoms with E-state index in [4.69, 9.17) is 24.2 Å². The molecule has 2 amide bonds. The Labute approximate surface area is 309 Å². The summed E-state index contributed by atoms with van der Waals surface area (Å²) in [4.78, 5) is 36.0. The van der Waals surface area contributed by atoms with Gasteiger partial charge in [-0.3, -0.25) is 9.59 Å². The minimum Gasteiger partial charge on any atom is -0.487 e. The van der Waals surface area contributed by atoms with Crippen LogP contribution in [0.1, 0.15) is 69.0 Å². The monoisotopic (exact) mass is 736 g/mol. The second-order valence-electron chi connectivity index (χ2n) is 14.3. The lowest BCUT2D eigenvalue weighted by Crippen LogP contribution is -2.38. The van der Waals surface area contributed by atoms with E-state index in [1.165, 1.54) is 0 Å². The Hall–Kier alpha value is -3.73. The van der Waals surface area contributed by atoms with Gasteiger partial charge < -0.3 is 40.4 Å². The average Bonchev–Trinajstić information content (AvgIpc) is 3.97. The first kappa shape index (κ1) is 36.6. The molecule has 1 aromatic carbocycles. The molecule has 0 spiro atoms. The number of piperidine rings is 1. The van der Waals surface area contributed by atoms with Gasteiger partial charge in [-0.2, -0.15) is 16.7 Å². The first-order valence-electron chi connectivity index (χ1n) is 18.9. The van der Waals surface area contributed by atoms with E-state index < -0.39 is 0 Å². The third-order valence-corrected chi connectivity index (χ3v) is 11.9. The number of unbranched alkanes of at least 4 members (excludes halogenated alkanes) is 1. The molecule has 4 fully saturated rings. The average molecular weight is 737 g/mol. The molecule has 4 N–H and O–H groups in total. The highest BCUT2D eigenvalue weighted by molar-refractivity contribution is 8.00. The summed E-state index contributed by atoms with van der Waals surface area (Å²) in [6.07, 6.45) is 10.4. The molecular formula is C36H52N10O5S. The molecule has 0 radical (unpaired) electrons. The molecule has 2 aromatic heterocycles. The Morgan fingerprint density at radius 2 is 2.04 bits per heavy atom. The van der Waals surface area contributed by atoms with E-state index >= 15 is 0 Å². The van der Waals surface area contributed by atoms with Crippen molar-refractivity contribution in [3.63, 3.8) is 0 Å². The highest BCUT2D eigenvalue weighted by atomic mass is 32.2. The van der Waals surface area contributed by atoms with Crippen LogP contribution in [0, 0.1) is 12.8 Å². The molecule has 0 saturated carbocycles. The van der Waals surface area contributed by atoms with Crippen LogP contribution in [0.3, 0.4) is 0 Å². The second kappa shape index (κ2) is 17.9. The SMILES string of the molecule is Cc1cc2c(N[C@@H]3CCCNC3)nc(N3CCCC3)nc2cc1OCc1cn(CCOCOCNC(=O)CCCC[C@@H]2SC[C@@H]3NC(=O)C[C@@H]32)nn1. The van der Waals surface area contributed by atoms with Gasteiger partial charge in [0.05, 0.1) is 24.9 Å². The fourth-order valence-electron chi connectivity index (χ4n) is 7.51. The Bertz CT molecular complexity index is 1660. The number of fused-ring (bicyclic) bond motifs is 2. The smallest absolute Gasteiger partial charge is 0.227 e. The van der Waals surface area contributed by atoms with E-state index in [1.807, 2.05) is 30.9 Å². The van der Waals surface area contributed by atoms with Crippen molar-refractivity contribution in [3.8, 4) is 5.75 Å². The number of rotatable bonds is 18. The number of nitrogens with zero attached hydrogens (tertiary/aromatic N) is 6. The fourth-order valence-corrected chi connectivity index (χ4v) is 9.16. The maximum Gasteiger partial charge on any atom is 0.227 e. The normalized spacial score (nSPS) is 22.9. The Morgan fingerprint density at radius 1 is 1.13 bits per heavy atom. The molecule has 7 rings (SSSR count). The molecule has 4 aliphatic rings. The summed E-state index contributed by atoms with van der Waals surface area (Å²) in [6.45, 7) is 7.33. The number of aryl methyl sites for hydroxylation is 1. The van der Waals surface area contributed by atoms with Crippen molar-refractivity contribution < 1.29 is 23.8 Å². The van der Waals surface area contributed by atoms with Crippen LogP contribution in [-0.4, -0.2) is 106 Å². The van der Waals surface area contributed by atoms with Gasteiger partial charge >= 0.3 is 0 Å². The van der Waals surface area contributed by atoms with Gasteiger partial charge in [-0.15, -0.1) is 5.10 Å². The molecule has 4 atom stereocenters. The topological polar surface area (TPSA) is 170 Å². The van der Waals surface area contributed by atoms with Crippen molar-refractivity contribution in [3.05, 3.63) is 29.6 Å². The number of nitrogens with one attached hydrogen (secondary N) is 4. The zero-order valence-corrected chi connectivity index (χ0v) is 30.9. The largest absolute Gasteiger partial charge is 0.487 e. The van der Waals surface area contributed by atoms with Crippen LogP contribution in [-0.2, 0) is 32.2 Å². The van der Waals surface area contributed by atoms with Crippen LogP contribution in [0.15, 0.2) is 18.3 Å². The van der Waals surface area contributed by atoms with E-state index in [0.29, 0.717) is 54.9 Å². The van der Waals surface area contributed by atoms with Crippen LogP contribution >= 0.6 is 11.8 Å². The fraction of sp³-hybridized carbons (Fsp3) is 0.667. The van der Waals surface area contributed by atoms with Crippen molar-refractivity contribution in [2.24, 2.45) is 5.92 Å². The summed E-state index contributed by atoms with van der Waals surface area (Å²) in [5.74, 6) is 4.03. The number of anilines is 2. The first-order chi connectivity index (χ1) is 25.5. The zero-order valence-electron chi connectivity index (χ0n) is 30.1. The molecule has 0 unspecified atom stereocenters. The predicted octanol–water partition coefficient (Wildman–Crippen LogP) is 3.12. The van der Waals surface area contributed by atoms with Crippen molar-refractivity contribution in [2.45, 2.75) is 95.2 Å². The van der Waals surface area contributed by atoms with Gasteiger partial charge in [-0.25, -0.2) is 9.67 Å². The van der Waals surface area contributed by atoms with Crippen molar-refractivity contribution in [1.29, 1.82) is 0 Å². The lowest BCUT2D eigenvalue weighted by molar-refractivity contribution is -0.125. The summed E-state index contributed by atoms with van der Waals surface area (Å²) in [5.41, 5.74) is 2.58. The lowest BCUT2D eigenvalue weighted by atomic mass is 9.94. The molecule has 282 valence electrons. The second-order valence-corrected chi connectivity index (χ2v) is 15.6. The van der Waals surface area contributed by atoms with Gasteiger partial charge in [0.1, 0.15) is 37.4 Å². The zero-order chi connectivity index (χ0) is 35.7. The van der Waals surface area contributed by atoms with Gasteiger partial charge in [-0.05, 0) is 63.6 Å². The van der Waals surface area contributed by atoms with E-state index in [9.17, 15) is 9.59 Å². The number of benzene rings is 1. The quantitative estimate of drug-likeness (QED) is 0.111. The summed E-state index contributed by atoms with van der Waals surface area (Å²) in [5, 5.41) is 23.1. The maximum absolute atomic E-state index is 12.2. The number of thioether (sulfide) groups is 1. The van der Waals surface area contributed by atoms with Crippen LogP contribution in [0.25, 0.3) is 10.9 Å². The van der Waals surface area contributed by atoms with Crippen LogP contribution in [0.5, 0.6) is 5.75 Å². The molecule has 4 saturated heterocycles. The van der Waals surface area contributed by atoms with Crippen LogP contribution in [0.4, 0.5) is 11.8 Å². The van der Waals surface area contributed by atoms with Crippen LogP contribution in [0.2, 0.25) is 0 Å². The highest BCUT2D eigenvalue weighted by Crippen LogP contribution is 2.40. The number of carbonyl (C=O) groups excluding carboxylic acids is 2. The Morgan fingerprint density at radius 3 is 2.90 bits per heavy atom. The standard InChI is InChI=1S/C36H52N10O5S/c1-24-15-28-29(41-36(45-11-4-5-12-45)42-35(28)39-25-7-6-10-37-18-25)17-31(24)51-20-26-19-46(44-43-26)13-14-49-23-50-22-38-33(47)9-3-2-8-32-27-16-34(48)40-30(27)21-52-32/h15,17,19,25,27,30,32,37H,2-14,16,18,20-23H2,1H3,(H,38,47)(H,40,48)(H,39,41,42)/t25-,27+,30+,32+/m1/s1. The summed E-state index contributed by atoms with van der Waals surface area (Å²) in [7, 11) is 0. The number of ether oxygens (including phenoxy) is 3. The summed E-state index contributed by atoms with van der Waals surface area (Å²) >= 11 is 1.96. The third kappa shape index (κ3) is 9.62. The van der Waals surface area contributed by atoms with Crippen LogP contribution < -0.4 is 30.9 Å². The molecule has 52 heavy (non-hydrogen) atoms. The maximum atomic E-state index is 12.2. The minimum absolute atomic E-state index is 0.0276. The Balaban J connectivity index is 0.802. The van der Waals surface area contributed by atoms with Crippen molar-refractivity contribution in [1.82, 2.24) is 40.9 Å².